The van der Waals surface area contributed by atoms with Crippen LogP contribution in [0.4, 0.5) is 4.39 Å². The molecule has 2 fully saturated rings. The number of hydrogen-bond donors (Lipinski definition) is 1. The number of amides is 1. The minimum Gasteiger partial charge on any atom is -0.481 e. The third kappa shape index (κ3) is 3.70. The molecule has 0 radical (unpaired) electrons. The molecule has 3 rings (SSSR count). The van der Waals surface area contributed by atoms with Crippen LogP contribution in [0.2, 0.25) is 0 Å². The molecule has 1 amide bonds. The molecule has 2 saturated heterocycles. The number of carboxylic acids is 1. The van der Waals surface area contributed by atoms with Crippen LogP contribution >= 0.6 is 0 Å². The summed E-state index contributed by atoms with van der Waals surface area (Å²) in [5, 5.41) is 9.30. The van der Waals surface area contributed by atoms with E-state index in [9.17, 15) is 27.5 Å². The number of rotatable bonds is 4. The maximum absolute atomic E-state index is 13.9. The van der Waals surface area contributed by atoms with Crippen molar-refractivity contribution < 1.29 is 27.5 Å². The Bertz CT molecular complexity index is 851. The summed E-state index contributed by atoms with van der Waals surface area (Å²) in [4.78, 5) is 25.3. The molecule has 2 heterocycles. The molecule has 0 bridgehead atoms. The first-order valence-corrected chi connectivity index (χ1v) is 10.4. The van der Waals surface area contributed by atoms with Gasteiger partial charge < -0.3 is 10.0 Å². The monoisotopic (exact) mass is 398 g/mol. The number of nitrogens with zero attached hydrogens (tertiary/aromatic N) is 2. The number of halogens is 1. The van der Waals surface area contributed by atoms with E-state index in [4.69, 9.17) is 0 Å². The van der Waals surface area contributed by atoms with Crippen molar-refractivity contribution >= 4 is 21.9 Å². The second-order valence-corrected chi connectivity index (χ2v) is 9.39. The molecule has 1 aromatic rings. The zero-order valence-electron chi connectivity index (χ0n) is 15.1. The molecule has 1 N–H and O–H groups in total. The molecule has 2 aliphatic heterocycles. The fourth-order valence-corrected chi connectivity index (χ4v) is 5.25. The molecular formula is C18H23FN2O5S. The van der Waals surface area contributed by atoms with Crippen LogP contribution in [0.1, 0.15) is 26.2 Å². The molecule has 27 heavy (non-hydrogen) atoms. The number of aliphatic carboxylic acids is 1. The van der Waals surface area contributed by atoms with Crippen LogP contribution in [0.3, 0.4) is 0 Å². The molecule has 1 unspecified atom stereocenters. The highest BCUT2D eigenvalue weighted by Gasteiger charge is 2.44. The lowest BCUT2D eigenvalue weighted by Gasteiger charge is -2.32. The van der Waals surface area contributed by atoms with Crippen molar-refractivity contribution in [1.82, 2.24) is 9.21 Å². The quantitative estimate of drug-likeness (QED) is 0.830. The molecule has 1 aromatic carbocycles. The Balaban J connectivity index is 1.63. The third-order valence-electron chi connectivity index (χ3n) is 5.56. The molecule has 0 aromatic heterocycles. The van der Waals surface area contributed by atoms with Gasteiger partial charge in [-0.15, -0.1) is 0 Å². The van der Waals surface area contributed by atoms with E-state index in [0.717, 1.165) is 6.07 Å². The van der Waals surface area contributed by atoms with Crippen molar-refractivity contribution in [3.05, 3.63) is 30.1 Å². The number of carboxylic acid groups (broad SMARTS) is 1. The average molecular weight is 398 g/mol. The first-order chi connectivity index (χ1) is 12.6. The highest BCUT2D eigenvalue weighted by atomic mass is 32.2. The van der Waals surface area contributed by atoms with Crippen molar-refractivity contribution in [2.24, 2.45) is 11.3 Å². The van der Waals surface area contributed by atoms with Crippen LogP contribution in [0.25, 0.3) is 0 Å². The van der Waals surface area contributed by atoms with E-state index in [1.165, 1.54) is 22.5 Å². The van der Waals surface area contributed by atoms with Gasteiger partial charge in [0.05, 0.1) is 5.41 Å². The molecule has 7 nitrogen and oxygen atoms in total. The van der Waals surface area contributed by atoms with Crippen LogP contribution < -0.4 is 0 Å². The summed E-state index contributed by atoms with van der Waals surface area (Å²) in [7, 11) is -3.93. The van der Waals surface area contributed by atoms with E-state index < -0.39 is 27.2 Å². The van der Waals surface area contributed by atoms with Crippen LogP contribution in [0.5, 0.6) is 0 Å². The lowest BCUT2D eigenvalue weighted by Crippen LogP contribution is -2.44. The topological polar surface area (TPSA) is 95.0 Å². The minimum atomic E-state index is -3.93. The van der Waals surface area contributed by atoms with Gasteiger partial charge in [0, 0.05) is 32.1 Å². The highest BCUT2D eigenvalue weighted by molar-refractivity contribution is 7.89. The van der Waals surface area contributed by atoms with Crippen molar-refractivity contribution in [2.75, 3.05) is 26.2 Å². The van der Waals surface area contributed by atoms with Gasteiger partial charge in [0.1, 0.15) is 10.7 Å². The third-order valence-corrected chi connectivity index (χ3v) is 7.49. The van der Waals surface area contributed by atoms with Gasteiger partial charge in [0.2, 0.25) is 15.9 Å². The number of benzene rings is 1. The Morgan fingerprint density at radius 1 is 1.19 bits per heavy atom. The Morgan fingerprint density at radius 2 is 1.81 bits per heavy atom. The van der Waals surface area contributed by atoms with Gasteiger partial charge in [-0.2, -0.15) is 4.31 Å². The Hall–Kier alpha value is -2.00. The van der Waals surface area contributed by atoms with Crippen molar-refractivity contribution in [3.63, 3.8) is 0 Å². The number of piperidine rings is 1. The fourth-order valence-electron chi connectivity index (χ4n) is 3.72. The summed E-state index contributed by atoms with van der Waals surface area (Å²) in [5.74, 6) is -2.17. The number of carbonyl (C=O) groups is 2. The zero-order chi connectivity index (χ0) is 19.8. The van der Waals surface area contributed by atoms with Crippen molar-refractivity contribution in [3.8, 4) is 0 Å². The zero-order valence-corrected chi connectivity index (χ0v) is 15.9. The predicted octanol–water partition coefficient (Wildman–Crippen LogP) is 1.55. The summed E-state index contributed by atoms with van der Waals surface area (Å²) in [6, 6.07) is 5.24. The van der Waals surface area contributed by atoms with Crippen LogP contribution in [-0.4, -0.2) is 60.8 Å². The maximum Gasteiger partial charge on any atom is 0.311 e. The molecule has 148 valence electrons. The fraction of sp³-hybridized carbons (Fsp3) is 0.556. The van der Waals surface area contributed by atoms with E-state index >= 15 is 0 Å². The van der Waals surface area contributed by atoms with E-state index in [0.29, 0.717) is 25.8 Å². The van der Waals surface area contributed by atoms with Crippen LogP contribution in [0.15, 0.2) is 29.2 Å². The van der Waals surface area contributed by atoms with Crippen LogP contribution in [-0.2, 0) is 19.6 Å². The van der Waals surface area contributed by atoms with Gasteiger partial charge in [-0.05, 0) is 38.3 Å². The van der Waals surface area contributed by atoms with Gasteiger partial charge in [0.15, 0.2) is 0 Å². The summed E-state index contributed by atoms with van der Waals surface area (Å²) in [6.45, 7) is 2.48. The van der Waals surface area contributed by atoms with E-state index in [1.807, 2.05) is 0 Å². The molecule has 0 spiro atoms. The van der Waals surface area contributed by atoms with Gasteiger partial charge in [-0.25, -0.2) is 12.8 Å². The van der Waals surface area contributed by atoms with Gasteiger partial charge in [0.25, 0.3) is 0 Å². The minimum absolute atomic E-state index is 0.122. The Morgan fingerprint density at radius 3 is 2.37 bits per heavy atom. The lowest BCUT2D eigenvalue weighted by molar-refractivity contribution is -0.147. The van der Waals surface area contributed by atoms with Gasteiger partial charge >= 0.3 is 5.97 Å². The summed E-state index contributed by atoms with van der Waals surface area (Å²) in [6.07, 6.45) is 1.09. The van der Waals surface area contributed by atoms with Crippen molar-refractivity contribution in [2.45, 2.75) is 31.1 Å². The molecular weight excluding hydrogens is 375 g/mol. The first kappa shape index (κ1) is 19.8. The predicted molar refractivity (Wildman–Crippen MR) is 94.8 cm³/mol. The van der Waals surface area contributed by atoms with Crippen molar-refractivity contribution in [1.29, 1.82) is 0 Å². The lowest BCUT2D eigenvalue weighted by atomic mass is 9.90. The normalized spacial score (nSPS) is 24.9. The van der Waals surface area contributed by atoms with E-state index in [-0.39, 0.29) is 36.4 Å². The average Bonchev–Trinajstić information content (AvgIpc) is 3.05. The first-order valence-electron chi connectivity index (χ1n) is 8.92. The standard InChI is InChI=1S/C18H23FN2O5S/c1-18(17(23)24)8-11-20(12-18)16(22)13-6-9-21(10-7-13)27(25,26)15-5-3-2-4-14(15)19/h2-5,13H,6-12H2,1H3,(H,23,24). The number of sulfonamides is 1. The number of carbonyl (C=O) groups excluding carboxylic acids is 1. The summed E-state index contributed by atoms with van der Waals surface area (Å²) >= 11 is 0. The molecule has 0 saturated carbocycles. The van der Waals surface area contributed by atoms with E-state index in [2.05, 4.69) is 0 Å². The summed E-state index contributed by atoms with van der Waals surface area (Å²) < 4.78 is 40.3. The Kier molecular flexibility index (Phi) is 5.27. The summed E-state index contributed by atoms with van der Waals surface area (Å²) in [5.41, 5.74) is -0.926. The van der Waals surface area contributed by atoms with E-state index in [1.54, 1.807) is 11.8 Å². The smallest absolute Gasteiger partial charge is 0.311 e. The Labute approximate surface area is 157 Å². The van der Waals surface area contributed by atoms with Gasteiger partial charge in [-0.3, -0.25) is 9.59 Å². The van der Waals surface area contributed by atoms with Gasteiger partial charge in [-0.1, -0.05) is 12.1 Å². The molecule has 2 aliphatic rings. The number of hydrogen-bond acceptors (Lipinski definition) is 4. The molecule has 1 atom stereocenters. The number of likely N-dealkylation sites (tertiary alicyclic amines) is 1. The largest absolute Gasteiger partial charge is 0.481 e. The SMILES string of the molecule is CC1(C(=O)O)CCN(C(=O)C2CCN(S(=O)(=O)c3ccccc3F)CC2)C1. The maximum atomic E-state index is 13.9. The molecule has 9 heteroatoms. The second kappa shape index (κ2) is 7.20. The van der Waals surface area contributed by atoms with Crippen LogP contribution in [0, 0.1) is 17.2 Å². The highest BCUT2D eigenvalue weighted by Crippen LogP contribution is 2.33. The second-order valence-electron chi connectivity index (χ2n) is 7.48. The molecule has 0 aliphatic carbocycles.